The largest absolute Gasteiger partial charge is 0.352 e. The molecule has 0 spiro atoms. The maximum Gasteiger partial charge on any atom is 0.225 e. The highest BCUT2D eigenvalue weighted by Crippen LogP contribution is 2.17. The van der Waals surface area contributed by atoms with Crippen molar-refractivity contribution in [2.75, 3.05) is 0 Å². The number of nitrogens with one attached hydrogen (secondary N) is 2. The van der Waals surface area contributed by atoms with Crippen molar-refractivity contribution in [3.8, 4) is 0 Å². The van der Waals surface area contributed by atoms with Crippen LogP contribution in [0.5, 0.6) is 0 Å². The third-order valence-electron chi connectivity index (χ3n) is 3.04. The van der Waals surface area contributed by atoms with Gasteiger partial charge in [0.25, 0.3) is 0 Å². The van der Waals surface area contributed by atoms with Crippen LogP contribution in [0.25, 0.3) is 0 Å². The van der Waals surface area contributed by atoms with Crippen molar-refractivity contribution < 1.29 is 4.79 Å². The van der Waals surface area contributed by atoms with Crippen molar-refractivity contribution in [3.63, 3.8) is 0 Å². The molecule has 0 radical (unpaired) electrons. The van der Waals surface area contributed by atoms with Gasteiger partial charge in [0.15, 0.2) is 0 Å². The zero-order chi connectivity index (χ0) is 12.5. The summed E-state index contributed by atoms with van der Waals surface area (Å²) in [5, 5.41) is 6.29. The Morgan fingerprint density at radius 3 is 2.61 bits per heavy atom. The van der Waals surface area contributed by atoms with Gasteiger partial charge in [-0.05, 0) is 16.7 Å². The molecule has 0 atom stereocenters. The second kappa shape index (κ2) is 5.72. The van der Waals surface area contributed by atoms with E-state index in [0.717, 1.165) is 13.1 Å². The van der Waals surface area contributed by atoms with Gasteiger partial charge in [-0.3, -0.25) is 4.79 Å². The monoisotopic (exact) mass is 268 g/mol. The fraction of sp³-hybridized carbons (Fsp3) is 0.500. The minimum absolute atomic E-state index is 0. The number of rotatable bonds is 2. The molecule has 0 fully saturated rings. The predicted octanol–water partition coefficient (Wildman–Crippen LogP) is 2.37. The van der Waals surface area contributed by atoms with Gasteiger partial charge in [0.2, 0.25) is 5.91 Å². The van der Waals surface area contributed by atoms with Crippen molar-refractivity contribution in [1.29, 1.82) is 0 Å². The molecule has 2 rings (SSSR count). The number of fused-ring (bicyclic) bond motifs is 1. The van der Waals surface area contributed by atoms with E-state index in [-0.39, 0.29) is 23.7 Å². The minimum Gasteiger partial charge on any atom is -0.352 e. The molecule has 1 aliphatic rings. The summed E-state index contributed by atoms with van der Waals surface area (Å²) in [5.74, 6) is 0.0936. The highest BCUT2D eigenvalue weighted by atomic mass is 35.5. The predicted molar refractivity (Wildman–Crippen MR) is 75.5 cm³/mol. The fourth-order valence-corrected chi connectivity index (χ4v) is 1.91. The van der Waals surface area contributed by atoms with Gasteiger partial charge in [-0.2, -0.15) is 0 Å². The summed E-state index contributed by atoms with van der Waals surface area (Å²) in [5.41, 5.74) is 3.58. The Labute approximate surface area is 115 Å². The Morgan fingerprint density at radius 1 is 1.28 bits per heavy atom. The van der Waals surface area contributed by atoms with Gasteiger partial charge in [-0.1, -0.05) is 39.0 Å². The number of carbonyl (C=O) groups is 1. The number of hydrogen-bond donors (Lipinski definition) is 2. The van der Waals surface area contributed by atoms with Crippen LogP contribution in [0.15, 0.2) is 18.2 Å². The second-order valence-corrected chi connectivity index (χ2v) is 5.64. The Balaban J connectivity index is 0.00000162. The normalized spacial score (nSPS) is 13.7. The summed E-state index contributed by atoms with van der Waals surface area (Å²) >= 11 is 0. The molecule has 1 aromatic rings. The maximum atomic E-state index is 11.7. The lowest BCUT2D eigenvalue weighted by Crippen LogP contribution is -2.34. The minimum atomic E-state index is -0.321. The molecule has 1 aromatic carbocycles. The van der Waals surface area contributed by atoms with Crippen LogP contribution in [0.1, 0.15) is 37.5 Å². The molecule has 18 heavy (non-hydrogen) atoms. The molecule has 0 saturated carbocycles. The Bertz CT molecular complexity index is 438. The van der Waals surface area contributed by atoms with E-state index in [1.54, 1.807) is 0 Å². The number of halogens is 1. The Hall–Kier alpha value is -1.06. The average molecular weight is 269 g/mol. The fourth-order valence-electron chi connectivity index (χ4n) is 1.91. The third kappa shape index (κ3) is 3.47. The van der Waals surface area contributed by atoms with Crippen LogP contribution in [-0.2, 0) is 24.4 Å². The summed E-state index contributed by atoms with van der Waals surface area (Å²) in [7, 11) is 0. The lowest BCUT2D eigenvalue weighted by atomic mass is 9.95. The second-order valence-electron chi connectivity index (χ2n) is 5.64. The van der Waals surface area contributed by atoms with E-state index in [0.29, 0.717) is 6.54 Å². The van der Waals surface area contributed by atoms with Crippen molar-refractivity contribution in [1.82, 2.24) is 10.6 Å². The van der Waals surface area contributed by atoms with Crippen LogP contribution in [0.2, 0.25) is 0 Å². The highest BCUT2D eigenvalue weighted by molar-refractivity contribution is 5.85. The van der Waals surface area contributed by atoms with E-state index in [1.807, 2.05) is 20.8 Å². The molecule has 0 unspecified atom stereocenters. The SMILES string of the molecule is CC(C)(C)C(=O)NCc1ccc2c(c1)CNC2.Cl. The topological polar surface area (TPSA) is 41.1 Å². The van der Waals surface area contributed by atoms with Crippen LogP contribution in [0, 0.1) is 5.41 Å². The molecule has 1 aliphatic heterocycles. The average Bonchev–Trinajstić information content (AvgIpc) is 2.71. The molecule has 0 bridgehead atoms. The number of benzene rings is 1. The standard InChI is InChI=1S/C14H20N2O.ClH/c1-14(2,3)13(17)16-7-10-4-5-11-8-15-9-12(11)6-10;/h4-6,15H,7-9H2,1-3H3,(H,16,17);1H. The molecule has 3 nitrogen and oxygen atoms in total. The maximum absolute atomic E-state index is 11.7. The van der Waals surface area contributed by atoms with Crippen LogP contribution in [0.4, 0.5) is 0 Å². The quantitative estimate of drug-likeness (QED) is 0.865. The molecule has 0 aliphatic carbocycles. The Kier molecular flexibility index (Phi) is 4.77. The van der Waals surface area contributed by atoms with Gasteiger partial charge in [0, 0.05) is 25.0 Å². The Morgan fingerprint density at radius 2 is 1.94 bits per heavy atom. The summed E-state index contributed by atoms with van der Waals surface area (Å²) in [6, 6.07) is 6.42. The van der Waals surface area contributed by atoms with Crippen molar-refractivity contribution in [2.45, 2.75) is 40.4 Å². The first-order valence-corrected chi connectivity index (χ1v) is 6.06. The third-order valence-corrected chi connectivity index (χ3v) is 3.04. The van der Waals surface area contributed by atoms with Crippen molar-refractivity contribution >= 4 is 18.3 Å². The number of hydrogen-bond acceptors (Lipinski definition) is 2. The van der Waals surface area contributed by atoms with Gasteiger partial charge in [0.1, 0.15) is 0 Å². The number of amides is 1. The van der Waals surface area contributed by atoms with E-state index in [1.165, 1.54) is 16.7 Å². The molecule has 0 saturated heterocycles. The van der Waals surface area contributed by atoms with E-state index < -0.39 is 0 Å². The zero-order valence-corrected chi connectivity index (χ0v) is 12.0. The van der Waals surface area contributed by atoms with Crippen molar-refractivity contribution in [3.05, 3.63) is 34.9 Å². The molecule has 0 aromatic heterocycles. The summed E-state index contributed by atoms with van der Waals surface area (Å²) in [6.45, 7) is 8.29. The van der Waals surface area contributed by atoms with E-state index in [4.69, 9.17) is 0 Å². The summed E-state index contributed by atoms with van der Waals surface area (Å²) in [6.07, 6.45) is 0. The van der Waals surface area contributed by atoms with E-state index in [9.17, 15) is 4.79 Å². The molecular formula is C14H21ClN2O. The van der Waals surface area contributed by atoms with Gasteiger partial charge >= 0.3 is 0 Å². The van der Waals surface area contributed by atoms with Gasteiger partial charge in [0.05, 0.1) is 0 Å². The lowest BCUT2D eigenvalue weighted by molar-refractivity contribution is -0.128. The van der Waals surface area contributed by atoms with Crippen LogP contribution in [0.3, 0.4) is 0 Å². The van der Waals surface area contributed by atoms with Crippen LogP contribution >= 0.6 is 12.4 Å². The van der Waals surface area contributed by atoms with Crippen molar-refractivity contribution in [2.24, 2.45) is 5.41 Å². The molecule has 4 heteroatoms. The van der Waals surface area contributed by atoms with E-state index in [2.05, 4.69) is 28.8 Å². The summed E-state index contributed by atoms with van der Waals surface area (Å²) < 4.78 is 0. The van der Waals surface area contributed by atoms with Crippen LogP contribution < -0.4 is 10.6 Å². The molecule has 100 valence electrons. The first-order chi connectivity index (χ1) is 7.97. The van der Waals surface area contributed by atoms with Gasteiger partial charge in [-0.15, -0.1) is 12.4 Å². The van der Waals surface area contributed by atoms with E-state index >= 15 is 0 Å². The molecule has 1 heterocycles. The zero-order valence-electron chi connectivity index (χ0n) is 11.2. The molecular weight excluding hydrogens is 248 g/mol. The smallest absolute Gasteiger partial charge is 0.225 e. The van der Waals surface area contributed by atoms with Gasteiger partial charge in [-0.25, -0.2) is 0 Å². The molecule has 2 N–H and O–H groups in total. The first kappa shape index (κ1) is 15.0. The highest BCUT2D eigenvalue weighted by Gasteiger charge is 2.20. The lowest BCUT2D eigenvalue weighted by Gasteiger charge is -2.17. The first-order valence-electron chi connectivity index (χ1n) is 6.06. The number of carbonyl (C=O) groups excluding carboxylic acids is 1. The van der Waals surface area contributed by atoms with Crippen LogP contribution in [-0.4, -0.2) is 5.91 Å². The summed E-state index contributed by atoms with van der Waals surface area (Å²) in [4.78, 5) is 11.7. The van der Waals surface area contributed by atoms with Gasteiger partial charge < -0.3 is 10.6 Å². The molecule has 1 amide bonds.